The summed E-state index contributed by atoms with van der Waals surface area (Å²) in [5, 5.41) is 9.21. The summed E-state index contributed by atoms with van der Waals surface area (Å²) in [5.41, 5.74) is 1.01. The Bertz CT molecular complexity index is 651. The van der Waals surface area contributed by atoms with E-state index in [1.807, 2.05) is 24.3 Å². The summed E-state index contributed by atoms with van der Waals surface area (Å²) in [6.45, 7) is 2.48. The first-order valence-electron chi connectivity index (χ1n) is 7.91. The second-order valence-electron chi connectivity index (χ2n) is 5.32. The maximum Gasteiger partial charge on any atom is 0.347 e. The standard InChI is InChI=1S/C19H22O6/c1-14(25-18-9-5-16(20)6-10-18)19(21)24-12-11-23-13-15-3-7-17(22-2)8-4-15/h3-10,14,20H,11-13H2,1-2H3. The summed E-state index contributed by atoms with van der Waals surface area (Å²) in [7, 11) is 1.62. The van der Waals surface area contributed by atoms with Crippen molar-refractivity contribution >= 4 is 5.97 Å². The van der Waals surface area contributed by atoms with Crippen LogP contribution >= 0.6 is 0 Å². The van der Waals surface area contributed by atoms with Crippen LogP contribution in [0.5, 0.6) is 17.2 Å². The van der Waals surface area contributed by atoms with Gasteiger partial charge in [-0.25, -0.2) is 4.79 Å². The summed E-state index contributed by atoms with van der Waals surface area (Å²) < 4.78 is 21.1. The van der Waals surface area contributed by atoms with Crippen molar-refractivity contribution in [3.05, 3.63) is 54.1 Å². The van der Waals surface area contributed by atoms with Crippen LogP contribution in [-0.2, 0) is 20.9 Å². The molecule has 0 aromatic heterocycles. The number of aromatic hydroxyl groups is 1. The molecule has 1 unspecified atom stereocenters. The van der Waals surface area contributed by atoms with E-state index < -0.39 is 12.1 Å². The van der Waals surface area contributed by atoms with E-state index in [-0.39, 0.29) is 12.4 Å². The number of methoxy groups -OCH3 is 1. The molecule has 2 aromatic rings. The lowest BCUT2D eigenvalue weighted by molar-refractivity contribution is -0.152. The molecule has 25 heavy (non-hydrogen) atoms. The second kappa shape index (κ2) is 9.54. The maximum absolute atomic E-state index is 11.9. The van der Waals surface area contributed by atoms with E-state index in [1.165, 1.54) is 12.1 Å². The molecule has 2 rings (SSSR count). The van der Waals surface area contributed by atoms with Crippen LogP contribution in [0.15, 0.2) is 48.5 Å². The molecule has 2 aromatic carbocycles. The molecular weight excluding hydrogens is 324 g/mol. The van der Waals surface area contributed by atoms with Crippen LogP contribution in [0.25, 0.3) is 0 Å². The number of hydrogen-bond acceptors (Lipinski definition) is 6. The summed E-state index contributed by atoms with van der Waals surface area (Å²) in [5.74, 6) is 0.941. The molecule has 0 heterocycles. The van der Waals surface area contributed by atoms with Crippen LogP contribution in [0, 0.1) is 0 Å². The van der Waals surface area contributed by atoms with Crippen molar-refractivity contribution < 1.29 is 28.8 Å². The highest BCUT2D eigenvalue weighted by atomic mass is 16.6. The molecular formula is C19H22O6. The van der Waals surface area contributed by atoms with Gasteiger partial charge in [0, 0.05) is 0 Å². The number of phenols is 1. The molecule has 1 atom stereocenters. The van der Waals surface area contributed by atoms with Crippen LogP contribution < -0.4 is 9.47 Å². The smallest absolute Gasteiger partial charge is 0.347 e. The van der Waals surface area contributed by atoms with Gasteiger partial charge in [-0.05, 0) is 48.9 Å². The highest BCUT2D eigenvalue weighted by Crippen LogP contribution is 2.17. The number of carbonyl (C=O) groups is 1. The Balaban J connectivity index is 1.63. The van der Waals surface area contributed by atoms with Crippen LogP contribution in [0.1, 0.15) is 12.5 Å². The van der Waals surface area contributed by atoms with Crippen molar-refractivity contribution in [2.75, 3.05) is 20.3 Å². The highest BCUT2D eigenvalue weighted by Gasteiger charge is 2.16. The van der Waals surface area contributed by atoms with Crippen molar-refractivity contribution in [3.8, 4) is 17.2 Å². The van der Waals surface area contributed by atoms with Gasteiger partial charge >= 0.3 is 5.97 Å². The van der Waals surface area contributed by atoms with Crippen molar-refractivity contribution in [2.24, 2.45) is 0 Å². The summed E-state index contributed by atoms with van der Waals surface area (Å²) >= 11 is 0. The average molecular weight is 346 g/mol. The highest BCUT2D eigenvalue weighted by molar-refractivity contribution is 5.74. The minimum absolute atomic E-state index is 0.136. The van der Waals surface area contributed by atoms with E-state index in [1.54, 1.807) is 26.2 Å². The lowest BCUT2D eigenvalue weighted by Crippen LogP contribution is -2.27. The molecule has 6 nitrogen and oxygen atoms in total. The Morgan fingerprint density at radius 1 is 1.00 bits per heavy atom. The van der Waals surface area contributed by atoms with Gasteiger partial charge in [-0.2, -0.15) is 0 Å². The molecule has 0 saturated carbocycles. The maximum atomic E-state index is 11.9. The Kier molecular flexibility index (Phi) is 7.10. The molecule has 0 spiro atoms. The first kappa shape index (κ1) is 18.6. The van der Waals surface area contributed by atoms with E-state index in [0.717, 1.165) is 11.3 Å². The van der Waals surface area contributed by atoms with Gasteiger partial charge in [0.15, 0.2) is 6.10 Å². The predicted octanol–water partition coefficient (Wildman–Crippen LogP) is 2.93. The molecule has 0 aliphatic rings. The van der Waals surface area contributed by atoms with E-state index >= 15 is 0 Å². The average Bonchev–Trinajstić information content (AvgIpc) is 2.63. The number of hydrogen-bond donors (Lipinski definition) is 1. The van der Waals surface area contributed by atoms with Gasteiger partial charge < -0.3 is 24.1 Å². The van der Waals surface area contributed by atoms with E-state index in [9.17, 15) is 9.90 Å². The summed E-state index contributed by atoms with van der Waals surface area (Å²) in [6.07, 6.45) is -0.744. The quantitative estimate of drug-likeness (QED) is 0.556. The van der Waals surface area contributed by atoms with Crippen LogP contribution in [0.2, 0.25) is 0 Å². The van der Waals surface area contributed by atoms with Gasteiger partial charge in [0.25, 0.3) is 0 Å². The zero-order valence-electron chi connectivity index (χ0n) is 14.3. The van der Waals surface area contributed by atoms with Gasteiger partial charge in [-0.3, -0.25) is 0 Å². The molecule has 0 saturated heterocycles. The molecule has 0 fully saturated rings. The van der Waals surface area contributed by atoms with Crippen LogP contribution in [0.3, 0.4) is 0 Å². The molecule has 0 aliphatic heterocycles. The fourth-order valence-corrected chi connectivity index (χ4v) is 2.01. The molecule has 0 bridgehead atoms. The number of esters is 1. The molecule has 0 aliphatic carbocycles. The van der Waals surface area contributed by atoms with Crippen molar-refractivity contribution in [3.63, 3.8) is 0 Å². The van der Waals surface area contributed by atoms with Crippen LogP contribution in [-0.4, -0.2) is 37.5 Å². The lowest BCUT2D eigenvalue weighted by Gasteiger charge is -2.14. The first-order valence-corrected chi connectivity index (χ1v) is 7.91. The van der Waals surface area contributed by atoms with Crippen LogP contribution in [0.4, 0.5) is 0 Å². The Morgan fingerprint density at radius 2 is 1.64 bits per heavy atom. The fraction of sp³-hybridized carbons (Fsp3) is 0.316. The van der Waals surface area contributed by atoms with Crippen molar-refractivity contribution in [1.82, 2.24) is 0 Å². The number of benzene rings is 2. The van der Waals surface area contributed by atoms with Gasteiger partial charge in [-0.15, -0.1) is 0 Å². The Labute approximate surface area is 146 Å². The third-order valence-electron chi connectivity index (χ3n) is 3.38. The first-order chi connectivity index (χ1) is 12.1. The summed E-state index contributed by atoms with van der Waals surface area (Å²) in [4.78, 5) is 11.9. The molecule has 1 N–H and O–H groups in total. The largest absolute Gasteiger partial charge is 0.508 e. The minimum Gasteiger partial charge on any atom is -0.508 e. The van der Waals surface area contributed by atoms with Gasteiger partial charge in [0.05, 0.1) is 20.3 Å². The Morgan fingerprint density at radius 3 is 2.28 bits per heavy atom. The monoisotopic (exact) mass is 346 g/mol. The van der Waals surface area contributed by atoms with Gasteiger partial charge in [-0.1, -0.05) is 12.1 Å². The van der Waals surface area contributed by atoms with Gasteiger partial charge in [0.1, 0.15) is 23.9 Å². The molecule has 6 heteroatoms. The van der Waals surface area contributed by atoms with Crippen molar-refractivity contribution in [2.45, 2.75) is 19.6 Å². The third kappa shape index (κ3) is 6.35. The van der Waals surface area contributed by atoms with E-state index in [4.69, 9.17) is 18.9 Å². The SMILES string of the molecule is COc1ccc(COCCOC(=O)C(C)Oc2ccc(O)cc2)cc1. The van der Waals surface area contributed by atoms with Crippen molar-refractivity contribution in [1.29, 1.82) is 0 Å². The summed E-state index contributed by atoms with van der Waals surface area (Å²) in [6, 6.07) is 13.7. The zero-order chi connectivity index (χ0) is 18.1. The predicted molar refractivity (Wildman–Crippen MR) is 91.8 cm³/mol. The van der Waals surface area contributed by atoms with E-state index in [0.29, 0.717) is 19.0 Å². The Hall–Kier alpha value is -2.73. The van der Waals surface area contributed by atoms with Gasteiger partial charge in [0.2, 0.25) is 0 Å². The topological polar surface area (TPSA) is 74.2 Å². The number of carbonyl (C=O) groups excluding carboxylic acids is 1. The number of ether oxygens (including phenoxy) is 4. The number of phenolic OH excluding ortho intramolecular Hbond substituents is 1. The number of rotatable bonds is 9. The van der Waals surface area contributed by atoms with E-state index in [2.05, 4.69) is 0 Å². The molecule has 0 amide bonds. The third-order valence-corrected chi connectivity index (χ3v) is 3.38. The molecule has 134 valence electrons. The fourth-order valence-electron chi connectivity index (χ4n) is 2.01. The normalized spacial score (nSPS) is 11.6. The molecule has 0 radical (unpaired) electrons. The minimum atomic E-state index is -0.744. The second-order valence-corrected chi connectivity index (χ2v) is 5.32. The zero-order valence-corrected chi connectivity index (χ0v) is 14.3. The lowest BCUT2D eigenvalue weighted by atomic mass is 10.2.